The highest BCUT2D eigenvalue weighted by atomic mass is 14.6. The van der Waals surface area contributed by atoms with Gasteiger partial charge in [0.2, 0.25) is 0 Å². The summed E-state index contributed by atoms with van der Waals surface area (Å²) in [5, 5.41) is 0. The summed E-state index contributed by atoms with van der Waals surface area (Å²) in [5.74, 6) is 1.85. The summed E-state index contributed by atoms with van der Waals surface area (Å²) in [4.78, 5) is 0. The highest BCUT2D eigenvalue weighted by Crippen LogP contribution is 2.40. The van der Waals surface area contributed by atoms with Crippen LogP contribution < -0.4 is 5.73 Å². The molecule has 1 saturated carbocycles. The summed E-state index contributed by atoms with van der Waals surface area (Å²) >= 11 is 0. The summed E-state index contributed by atoms with van der Waals surface area (Å²) in [6, 6.07) is 0.395. The van der Waals surface area contributed by atoms with Gasteiger partial charge in [-0.1, -0.05) is 33.6 Å². The number of rotatable bonds is 2. The first-order chi connectivity index (χ1) is 6.39. The maximum absolute atomic E-state index is 5.84. The summed E-state index contributed by atoms with van der Waals surface area (Å²) in [6.45, 7) is 9.27. The fourth-order valence-electron chi connectivity index (χ4n) is 2.79. The van der Waals surface area contributed by atoms with Gasteiger partial charge < -0.3 is 5.73 Å². The van der Waals surface area contributed by atoms with Crippen molar-refractivity contribution in [3.63, 3.8) is 0 Å². The first kappa shape index (κ1) is 12.0. The molecule has 0 saturated heterocycles. The van der Waals surface area contributed by atoms with Crippen molar-refractivity contribution in [3.8, 4) is 0 Å². The lowest BCUT2D eigenvalue weighted by molar-refractivity contribution is 0.144. The number of hydrogen-bond donors (Lipinski definition) is 1. The zero-order valence-electron chi connectivity index (χ0n) is 10.3. The average molecular weight is 197 g/mol. The maximum Gasteiger partial charge on any atom is 0.00131 e. The van der Waals surface area contributed by atoms with Gasteiger partial charge >= 0.3 is 0 Å². The number of nitrogens with two attached hydrogens (primary N) is 1. The molecule has 1 atom stereocenters. The van der Waals surface area contributed by atoms with Crippen molar-refractivity contribution in [2.24, 2.45) is 23.0 Å². The molecule has 1 fully saturated rings. The topological polar surface area (TPSA) is 26.0 Å². The van der Waals surface area contributed by atoms with Crippen LogP contribution in [0.5, 0.6) is 0 Å². The van der Waals surface area contributed by atoms with Gasteiger partial charge in [0.25, 0.3) is 0 Å². The van der Waals surface area contributed by atoms with Gasteiger partial charge in [-0.25, -0.2) is 0 Å². The highest BCUT2D eigenvalue weighted by molar-refractivity contribution is 4.81. The molecule has 14 heavy (non-hydrogen) atoms. The van der Waals surface area contributed by atoms with Crippen molar-refractivity contribution in [1.29, 1.82) is 0 Å². The second-order valence-corrected chi connectivity index (χ2v) is 6.30. The van der Waals surface area contributed by atoms with E-state index in [2.05, 4.69) is 27.7 Å². The van der Waals surface area contributed by atoms with Crippen LogP contribution in [0.1, 0.15) is 59.8 Å². The molecule has 84 valence electrons. The van der Waals surface area contributed by atoms with E-state index in [-0.39, 0.29) is 0 Å². The fraction of sp³-hybridized carbons (Fsp3) is 1.00. The van der Waals surface area contributed by atoms with E-state index in [0.29, 0.717) is 11.5 Å². The molecule has 0 aliphatic heterocycles. The normalized spacial score (nSPS) is 31.5. The third-order valence-electron chi connectivity index (χ3n) is 3.78. The molecule has 1 aliphatic carbocycles. The lowest BCUT2D eigenvalue weighted by atomic mass is 9.69. The lowest BCUT2D eigenvalue weighted by Crippen LogP contribution is -2.28. The van der Waals surface area contributed by atoms with Gasteiger partial charge in [-0.15, -0.1) is 0 Å². The molecule has 2 N–H and O–H groups in total. The molecule has 1 rings (SSSR count). The molecule has 0 aromatic heterocycles. The van der Waals surface area contributed by atoms with E-state index in [1.165, 1.54) is 32.1 Å². The van der Waals surface area contributed by atoms with Crippen molar-refractivity contribution in [3.05, 3.63) is 0 Å². The van der Waals surface area contributed by atoms with E-state index in [1.54, 1.807) is 0 Å². The molecular weight excluding hydrogens is 170 g/mol. The minimum absolute atomic E-state index is 0.395. The largest absolute Gasteiger partial charge is 0.328 e. The van der Waals surface area contributed by atoms with Crippen LogP contribution in [0.3, 0.4) is 0 Å². The average Bonchev–Trinajstić information content (AvgIpc) is 2.02. The smallest absolute Gasteiger partial charge is 0.00131 e. The van der Waals surface area contributed by atoms with Crippen LogP contribution in [0.4, 0.5) is 0 Å². The second kappa shape index (κ2) is 4.65. The van der Waals surface area contributed by atoms with Gasteiger partial charge in [0.15, 0.2) is 0 Å². The Kier molecular flexibility index (Phi) is 4.00. The van der Waals surface area contributed by atoms with Crippen LogP contribution in [0.25, 0.3) is 0 Å². The Bertz CT molecular complexity index is 159. The van der Waals surface area contributed by atoms with Crippen LogP contribution in [-0.4, -0.2) is 6.04 Å². The quantitative estimate of drug-likeness (QED) is 0.719. The van der Waals surface area contributed by atoms with Crippen molar-refractivity contribution in [2.45, 2.75) is 65.8 Å². The lowest BCUT2D eigenvalue weighted by Gasteiger charge is -2.37. The predicted octanol–water partition coefficient (Wildman–Crippen LogP) is 3.58. The van der Waals surface area contributed by atoms with Crippen LogP contribution in [0.2, 0.25) is 0 Å². The molecule has 0 spiro atoms. The Morgan fingerprint density at radius 1 is 1.14 bits per heavy atom. The van der Waals surface area contributed by atoms with Gasteiger partial charge in [0.05, 0.1) is 0 Å². The van der Waals surface area contributed by atoms with E-state index < -0.39 is 0 Å². The van der Waals surface area contributed by atoms with Gasteiger partial charge in [-0.2, -0.15) is 0 Å². The van der Waals surface area contributed by atoms with E-state index in [0.717, 1.165) is 11.8 Å². The summed E-state index contributed by atoms with van der Waals surface area (Å²) < 4.78 is 0. The van der Waals surface area contributed by atoms with E-state index in [9.17, 15) is 0 Å². The molecule has 0 amide bonds. The van der Waals surface area contributed by atoms with Gasteiger partial charge in [0.1, 0.15) is 0 Å². The van der Waals surface area contributed by atoms with Crippen molar-refractivity contribution in [2.75, 3.05) is 0 Å². The predicted molar refractivity (Wildman–Crippen MR) is 63.2 cm³/mol. The molecule has 0 heterocycles. The minimum atomic E-state index is 0.395. The van der Waals surface area contributed by atoms with E-state index in [4.69, 9.17) is 5.73 Å². The third-order valence-corrected chi connectivity index (χ3v) is 3.78. The SMILES string of the molecule is CC(N)CC1CCC(C(C)(C)C)CC1. The maximum atomic E-state index is 5.84. The Morgan fingerprint density at radius 3 is 2.00 bits per heavy atom. The first-order valence-electron chi connectivity index (χ1n) is 6.15. The van der Waals surface area contributed by atoms with E-state index >= 15 is 0 Å². The van der Waals surface area contributed by atoms with E-state index in [1.807, 2.05) is 0 Å². The Morgan fingerprint density at radius 2 is 1.64 bits per heavy atom. The second-order valence-electron chi connectivity index (χ2n) is 6.30. The fourth-order valence-corrected chi connectivity index (χ4v) is 2.79. The molecule has 0 aromatic carbocycles. The van der Waals surface area contributed by atoms with Gasteiger partial charge in [-0.3, -0.25) is 0 Å². The summed E-state index contributed by atoms with van der Waals surface area (Å²) in [5.41, 5.74) is 6.36. The van der Waals surface area contributed by atoms with Crippen molar-refractivity contribution >= 4 is 0 Å². The van der Waals surface area contributed by atoms with Crippen LogP contribution in [0.15, 0.2) is 0 Å². The molecule has 0 radical (unpaired) electrons. The molecule has 0 aromatic rings. The molecule has 1 heteroatoms. The van der Waals surface area contributed by atoms with Gasteiger partial charge in [-0.05, 0) is 43.4 Å². The monoisotopic (exact) mass is 197 g/mol. The van der Waals surface area contributed by atoms with Crippen LogP contribution in [0, 0.1) is 17.3 Å². The van der Waals surface area contributed by atoms with Crippen LogP contribution >= 0.6 is 0 Å². The first-order valence-corrected chi connectivity index (χ1v) is 6.15. The zero-order valence-corrected chi connectivity index (χ0v) is 10.3. The minimum Gasteiger partial charge on any atom is -0.328 e. The molecule has 1 unspecified atom stereocenters. The van der Waals surface area contributed by atoms with Crippen molar-refractivity contribution < 1.29 is 0 Å². The third kappa shape index (κ3) is 3.61. The zero-order chi connectivity index (χ0) is 10.8. The highest BCUT2D eigenvalue weighted by Gasteiger charge is 2.29. The standard InChI is InChI=1S/C13H27N/c1-10(14)9-11-5-7-12(8-6-11)13(2,3)4/h10-12H,5-9,14H2,1-4H3. The number of hydrogen-bond acceptors (Lipinski definition) is 1. The Labute approximate surface area is 89.5 Å². The molecule has 0 bridgehead atoms. The summed E-state index contributed by atoms with van der Waals surface area (Å²) in [6.07, 6.45) is 6.88. The molecule has 1 nitrogen and oxygen atoms in total. The summed E-state index contributed by atoms with van der Waals surface area (Å²) in [7, 11) is 0. The molecular formula is C13H27N. The van der Waals surface area contributed by atoms with Gasteiger partial charge in [0, 0.05) is 6.04 Å². The molecule has 1 aliphatic rings. The Balaban J connectivity index is 2.31. The Hall–Kier alpha value is -0.0400. The van der Waals surface area contributed by atoms with Crippen molar-refractivity contribution in [1.82, 2.24) is 0 Å². The van der Waals surface area contributed by atoms with Crippen LogP contribution in [-0.2, 0) is 0 Å².